The van der Waals surface area contributed by atoms with Gasteiger partial charge in [0.2, 0.25) is 0 Å². The average molecular weight is 336 g/mol. The highest BCUT2D eigenvalue weighted by Crippen LogP contribution is 2.35. The summed E-state index contributed by atoms with van der Waals surface area (Å²) in [5, 5.41) is 3.40. The molecule has 1 fully saturated rings. The van der Waals surface area contributed by atoms with Gasteiger partial charge in [0, 0.05) is 22.9 Å². The molecule has 1 aliphatic rings. The first-order valence-corrected chi connectivity index (χ1v) is 8.62. The molecule has 2 aromatic carbocycles. The first-order chi connectivity index (χ1) is 12.2. The second kappa shape index (κ2) is 6.69. The van der Waals surface area contributed by atoms with Crippen molar-refractivity contribution in [1.29, 1.82) is 0 Å². The third-order valence-electron chi connectivity index (χ3n) is 4.77. The molecule has 0 radical (unpaired) electrons. The molecule has 0 bridgehead atoms. The molecule has 0 aliphatic carbocycles. The highest BCUT2D eigenvalue weighted by molar-refractivity contribution is 5.80. The van der Waals surface area contributed by atoms with Crippen molar-refractivity contribution in [1.82, 2.24) is 14.9 Å². The summed E-state index contributed by atoms with van der Waals surface area (Å²) in [6.45, 7) is 2.01. The van der Waals surface area contributed by atoms with E-state index in [0.29, 0.717) is 6.04 Å². The summed E-state index contributed by atoms with van der Waals surface area (Å²) in [5.41, 5.74) is 10.6. The van der Waals surface area contributed by atoms with Crippen molar-refractivity contribution in [2.24, 2.45) is 0 Å². The van der Waals surface area contributed by atoms with Crippen molar-refractivity contribution in [2.75, 3.05) is 18.8 Å². The van der Waals surface area contributed by atoms with Gasteiger partial charge in [-0.2, -0.15) is 0 Å². The van der Waals surface area contributed by atoms with Crippen molar-refractivity contribution in [3.8, 4) is 22.5 Å². The number of piperidine rings is 1. The fourth-order valence-corrected chi connectivity index (χ4v) is 3.51. The van der Waals surface area contributed by atoms with Crippen LogP contribution in [0.5, 0.6) is 0 Å². The largest absolute Gasteiger partial charge is 0.399 e. The van der Waals surface area contributed by atoms with Crippen molar-refractivity contribution in [3.05, 3.63) is 60.7 Å². The summed E-state index contributed by atoms with van der Waals surface area (Å²) in [6.07, 6.45) is 4.04. The number of halogens is 1. The Hall–Kier alpha value is -2.66. The van der Waals surface area contributed by atoms with E-state index in [9.17, 15) is 4.39 Å². The lowest BCUT2D eigenvalue weighted by Crippen LogP contribution is -2.29. The maximum absolute atomic E-state index is 13.3. The minimum Gasteiger partial charge on any atom is -0.399 e. The molecule has 5 heteroatoms. The van der Waals surface area contributed by atoms with Crippen LogP contribution in [-0.4, -0.2) is 22.6 Å². The van der Waals surface area contributed by atoms with Crippen LogP contribution >= 0.6 is 0 Å². The number of benzene rings is 2. The van der Waals surface area contributed by atoms with Crippen molar-refractivity contribution >= 4 is 5.69 Å². The van der Waals surface area contributed by atoms with Crippen molar-refractivity contribution in [3.63, 3.8) is 0 Å². The number of nitrogens with zero attached hydrogens (tertiary/aromatic N) is 2. The van der Waals surface area contributed by atoms with Crippen molar-refractivity contribution < 1.29 is 4.39 Å². The molecule has 0 atom stereocenters. The van der Waals surface area contributed by atoms with Crippen molar-refractivity contribution in [2.45, 2.75) is 18.9 Å². The Kier molecular flexibility index (Phi) is 4.24. The van der Waals surface area contributed by atoms with Gasteiger partial charge in [0.1, 0.15) is 5.82 Å². The smallest absolute Gasteiger partial charge is 0.123 e. The van der Waals surface area contributed by atoms with Gasteiger partial charge in [0.05, 0.1) is 17.7 Å². The SMILES string of the molecule is Nc1cccc(-c2c(-c3ccc(F)cc3)ncn2C2CCNCC2)c1. The van der Waals surface area contributed by atoms with Gasteiger partial charge in [0.25, 0.3) is 0 Å². The molecule has 3 aromatic rings. The van der Waals surface area contributed by atoms with Crippen LogP contribution in [0.25, 0.3) is 22.5 Å². The Morgan fingerprint density at radius 3 is 2.52 bits per heavy atom. The van der Waals surface area contributed by atoms with Gasteiger partial charge in [-0.3, -0.25) is 0 Å². The van der Waals surface area contributed by atoms with Gasteiger partial charge in [-0.25, -0.2) is 9.37 Å². The van der Waals surface area contributed by atoms with E-state index in [1.165, 1.54) is 12.1 Å². The predicted molar refractivity (Wildman–Crippen MR) is 98.6 cm³/mol. The number of aromatic nitrogens is 2. The number of nitrogen functional groups attached to an aromatic ring is 1. The molecule has 4 nitrogen and oxygen atoms in total. The Balaban J connectivity index is 1.86. The third kappa shape index (κ3) is 3.15. The Morgan fingerprint density at radius 2 is 1.80 bits per heavy atom. The van der Waals surface area contributed by atoms with Gasteiger partial charge in [0.15, 0.2) is 0 Å². The Labute approximate surface area is 146 Å². The molecule has 25 heavy (non-hydrogen) atoms. The molecular weight excluding hydrogens is 315 g/mol. The highest BCUT2D eigenvalue weighted by atomic mass is 19.1. The van der Waals surface area contributed by atoms with E-state index >= 15 is 0 Å². The zero-order valence-corrected chi connectivity index (χ0v) is 14.0. The third-order valence-corrected chi connectivity index (χ3v) is 4.77. The quantitative estimate of drug-likeness (QED) is 0.714. The molecule has 3 N–H and O–H groups in total. The van der Waals surface area contributed by atoms with Crippen LogP contribution < -0.4 is 11.1 Å². The van der Waals surface area contributed by atoms with E-state index in [2.05, 4.69) is 20.9 Å². The maximum atomic E-state index is 13.3. The van der Waals surface area contributed by atoms with E-state index in [4.69, 9.17) is 5.73 Å². The first kappa shape index (κ1) is 15.8. The van der Waals surface area contributed by atoms with E-state index < -0.39 is 0 Å². The van der Waals surface area contributed by atoms with Crippen LogP contribution in [0.1, 0.15) is 18.9 Å². The van der Waals surface area contributed by atoms with Gasteiger partial charge in [-0.15, -0.1) is 0 Å². The minimum atomic E-state index is -0.243. The number of hydrogen-bond acceptors (Lipinski definition) is 3. The summed E-state index contributed by atoms with van der Waals surface area (Å²) in [4.78, 5) is 4.68. The normalized spacial score (nSPS) is 15.4. The van der Waals surface area contributed by atoms with Crippen LogP contribution in [0.3, 0.4) is 0 Å². The maximum Gasteiger partial charge on any atom is 0.123 e. The second-order valence-corrected chi connectivity index (χ2v) is 6.46. The molecule has 1 aliphatic heterocycles. The fraction of sp³-hybridized carbons (Fsp3) is 0.250. The fourth-order valence-electron chi connectivity index (χ4n) is 3.51. The molecule has 1 saturated heterocycles. The standard InChI is InChI=1S/C20H21FN4/c21-16-6-4-14(5-7-16)19-20(15-2-1-3-17(22)12-15)25(13-24-19)18-8-10-23-11-9-18/h1-7,12-13,18,23H,8-11,22H2. The van der Waals surface area contributed by atoms with Gasteiger partial charge in [-0.05, 0) is 62.3 Å². The van der Waals surface area contributed by atoms with Crippen LogP contribution in [-0.2, 0) is 0 Å². The van der Waals surface area contributed by atoms with Crippen LogP contribution in [0.2, 0.25) is 0 Å². The summed E-state index contributed by atoms with van der Waals surface area (Å²) < 4.78 is 15.6. The molecule has 128 valence electrons. The molecule has 0 amide bonds. The number of imidazole rings is 1. The topological polar surface area (TPSA) is 55.9 Å². The molecular formula is C20H21FN4. The average Bonchev–Trinajstić information content (AvgIpc) is 3.08. The zero-order valence-electron chi connectivity index (χ0n) is 14.0. The summed E-state index contributed by atoms with van der Waals surface area (Å²) in [7, 11) is 0. The predicted octanol–water partition coefficient (Wildman–Crippen LogP) is 3.86. The molecule has 0 spiro atoms. The van der Waals surface area contributed by atoms with Crippen LogP contribution in [0.4, 0.5) is 10.1 Å². The number of nitrogens with one attached hydrogen (secondary N) is 1. The van der Waals surface area contributed by atoms with Crippen LogP contribution in [0.15, 0.2) is 54.9 Å². The number of anilines is 1. The molecule has 0 saturated carbocycles. The van der Waals surface area contributed by atoms with Gasteiger partial charge < -0.3 is 15.6 Å². The molecule has 0 unspecified atom stereocenters. The summed E-state index contributed by atoms with van der Waals surface area (Å²) in [6, 6.07) is 14.8. The lowest BCUT2D eigenvalue weighted by molar-refractivity contribution is 0.370. The summed E-state index contributed by atoms with van der Waals surface area (Å²) in [5.74, 6) is -0.243. The minimum absolute atomic E-state index is 0.243. The van der Waals surface area contributed by atoms with E-state index in [1.807, 2.05) is 24.5 Å². The van der Waals surface area contributed by atoms with E-state index in [0.717, 1.165) is 54.1 Å². The molecule has 1 aromatic heterocycles. The summed E-state index contributed by atoms with van der Waals surface area (Å²) >= 11 is 0. The second-order valence-electron chi connectivity index (χ2n) is 6.46. The highest BCUT2D eigenvalue weighted by Gasteiger charge is 2.22. The number of nitrogens with two attached hydrogens (primary N) is 1. The van der Waals surface area contributed by atoms with E-state index in [-0.39, 0.29) is 5.82 Å². The van der Waals surface area contributed by atoms with Crippen LogP contribution in [0, 0.1) is 5.82 Å². The zero-order chi connectivity index (χ0) is 17.2. The Bertz CT molecular complexity index is 864. The van der Waals surface area contributed by atoms with Gasteiger partial charge in [-0.1, -0.05) is 12.1 Å². The molecule has 4 rings (SSSR count). The monoisotopic (exact) mass is 336 g/mol. The van der Waals surface area contributed by atoms with Gasteiger partial charge >= 0.3 is 0 Å². The number of rotatable bonds is 3. The number of hydrogen-bond donors (Lipinski definition) is 2. The lowest BCUT2D eigenvalue weighted by atomic mass is 10.0. The Morgan fingerprint density at radius 1 is 1.04 bits per heavy atom. The van der Waals surface area contributed by atoms with E-state index in [1.54, 1.807) is 12.1 Å². The first-order valence-electron chi connectivity index (χ1n) is 8.62. The lowest BCUT2D eigenvalue weighted by Gasteiger charge is -2.26. The molecule has 2 heterocycles.